The van der Waals surface area contributed by atoms with Crippen molar-refractivity contribution in [2.75, 3.05) is 5.32 Å². The molecule has 2 aromatic heterocycles. The summed E-state index contributed by atoms with van der Waals surface area (Å²) in [4.78, 5) is 11.3. The highest BCUT2D eigenvalue weighted by Gasteiger charge is 2.25. The van der Waals surface area contributed by atoms with Crippen LogP contribution in [-0.4, -0.2) is 16.0 Å². The van der Waals surface area contributed by atoms with Crippen LogP contribution in [0.1, 0.15) is 43.0 Å². The van der Waals surface area contributed by atoms with Gasteiger partial charge in [-0.05, 0) is 38.2 Å². The van der Waals surface area contributed by atoms with Crippen molar-refractivity contribution in [3.63, 3.8) is 0 Å². The quantitative estimate of drug-likeness (QED) is 0.884. The van der Waals surface area contributed by atoms with Gasteiger partial charge in [-0.2, -0.15) is 0 Å². The molecule has 3 rings (SSSR count). The summed E-state index contributed by atoms with van der Waals surface area (Å²) in [5.74, 6) is 1.97. The number of nitrogens with one attached hydrogen (secondary N) is 1. The van der Waals surface area contributed by atoms with Crippen LogP contribution in [0.15, 0.2) is 6.33 Å². The van der Waals surface area contributed by atoms with Gasteiger partial charge in [-0.3, -0.25) is 0 Å². The normalized spacial score (nSPS) is 16.8. The Morgan fingerprint density at radius 1 is 1.37 bits per heavy atom. The third kappa shape index (κ3) is 2.59. The Kier molecular flexibility index (Phi) is 3.44. The second-order valence-electron chi connectivity index (χ2n) is 5.61. The van der Waals surface area contributed by atoms with Gasteiger partial charge in [0.15, 0.2) is 0 Å². The predicted octanol–water partition coefficient (Wildman–Crippen LogP) is 4.30. The fraction of sp³-hybridized carbons (Fsp3) is 0.600. The van der Waals surface area contributed by atoms with E-state index in [1.54, 1.807) is 17.7 Å². The lowest BCUT2D eigenvalue weighted by Crippen LogP contribution is -2.20. The molecule has 1 N–H and O–H groups in total. The molecule has 2 aromatic rings. The zero-order valence-corrected chi connectivity index (χ0v) is 12.7. The molecule has 0 amide bonds. The highest BCUT2D eigenvalue weighted by atomic mass is 32.1. The number of thiophene rings is 1. The molecule has 0 aromatic carbocycles. The summed E-state index contributed by atoms with van der Waals surface area (Å²) in [5.41, 5.74) is 1.32. The van der Waals surface area contributed by atoms with E-state index >= 15 is 0 Å². The number of nitrogens with zero attached hydrogens (tertiary/aromatic N) is 2. The Balaban J connectivity index is 1.90. The van der Waals surface area contributed by atoms with Crippen molar-refractivity contribution in [1.82, 2.24) is 9.97 Å². The zero-order chi connectivity index (χ0) is 13.4. The summed E-state index contributed by atoms with van der Waals surface area (Å²) in [5, 5.41) is 4.87. The molecule has 19 heavy (non-hydrogen) atoms. The number of fused-ring (bicyclic) bond motifs is 1. The minimum atomic E-state index is 0.546. The van der Waals surface area contributed by atoms with Crippen LogP contribution in [0.5, 0.6) is 0 Å². The van der Waals surface area contributed by atoms with Crippen LogP contribution < -0.4 is 5.32 Å². The van der Waals surface area contributed by atoms with E-state index in [2.05, 4.69) is 36.1 Å². The minimum Gasteiger partial charge on any atom is -0.367 e. The number of anilines is 1. The van der Waals surface area contributed by atoms with E-state index in [9.17, 15) is 0 Å². The number of aryl methyl sites for hydroxylation is 2. The van der Waals surface area contributed by atoms with Gasteiger partial charge in [-0.25, -0.2) is 9.97 Å². The van der Waals surface area contributed by atoms with Crippen LogP contribution >= 0.6 is 11.3 Å². The number of aromatic nitrogens is 2. The van der Waals surface area contributed by atoms with Gasteiger partial charge in [-0.15, -0.1) is 11.3 Å². The third-order valence-electron chi connectivity index (χ3n) is 4.11. The van der Waals surface area contributed by atoms with Crippen molar-refractivity contribution < 1.29 is 0 Å². The molecule has 0 bridgehead atoms. The van der Waals surface area contributed by atoms with E-state index in [1.165, 1.54) is 35.1 Å². The Labute approximate surface area is 118 Å². The summed E-state index contributed by atoms with van der Waals surface area (Å²) in [6, 6.07) is 0.546. The van der Waals surface area contributed by atoms with Crippen LogP contribution in [0.3, 0.4) is 0 Å². The fourth-order valence-corrected chi connectivity index (χ4v) is 3.57. The molecule has 0 spiro atoms. The topological polar surface area (TPSA) is 37.8 Å². The lowest BCUT2D eigenvalue weighted by atomic mass is 10.1. The molecule has 102 valence electrons. The lowest BCUT2D eigenvalue weighted by Gasteiger charge is -2.18. The summed E-state index contributed by atoms with van der Waals surface area (Å²) >= 11 is 1.76. The Morgan fingerprint density at radius 3 is 2.84 bits per heavy atom. The predicted molar refractivity (Wildman–Crippen MR) is 81.9 cm³/mol. The molecule has 1 aliphatic carbocycles. The van der Waals surface area contributed by atoms with Gasteiger partial charge in [-0.1, -0.05) is 19.8 Å². The van der Waals surface area contributed by atoms with Gasteiger partial charge in [0.05, 0.1) is 5.39 Å². The average Bonchev–Trinajstić information content (AvgIpc) is 3.16. The van der Waals surface area contributed by atoms with Gasteiger partial charge in [0.2, 0.25) is 0 Å². The molecule has 4 heteroatoms. The lowest BCUT2D eigenvalue weighted by molar-refractivity contribution is 0.585. The monoisotopic (exact) mass is 275 g/mol. The Bertz CT molecular complexity index is 586. The Morgan fingerprint density at radius 2 is 2.16 bits per heavy atom. The van der Waals surface area contributed by atoms with Crippen LogP contribution in [0, 0.1) is 19.8 Å². The van der Waals surface area contributed by atoms with E-state index in [1.807, 2.05) is 0 Å². The first kappa shape index (κ1) is 12.9. The van der Waals surface area contributed by atoms with E-state index in [0.717, 1.165) is 23.0 Å². The van der Waals surface area contributed by atoms with E-state index in [4.69, 9.17) is 0 Å². The second kappa shape index (κ2) is 5.08. The second-order valence-corrected chi connectivity index (χ2v) is 6.82. The first-order valence-corrected chi connectivity index (χ1v) is 7.98. The van der Waals surface area contributed by atoms with Crippen LogP contribution in [-0.2, 0) is 0 Å². The van der Waals surface area contributed by atoms with Crippen molar-refractivity contribution in [3.8, 4) is 0 Å². The fourth-order valence-electron chi connectivity index (χ4n) is 2.57. The summed E-state index contributed by atoms with van der Waals surface area (Å²) < 4.78 is 0. The van der Waals surface area contributed by atoms with Crippen LogP contribution in [0.2, 0.25) is 0 Å². The van der Waals surface area contributed by atoms with Crippen molar-refractivity contribution in [2.45, 2.75) is 52.5 Å². The van der Waals surface area contributed by atoms with Crippen molar-refractivity contribution in [1.29, 1.82) is 0 Å². The number of rotatable bonds is 5. The SMILES string of the molecule is CCC(CC1CC1)Nc1ncnc2sc(C)c(C)c12. The highest BCUT2D eigenvalue weighted by molar-refractivity contribution is 7.18. The smallest absolute Gasteiger partial charge is 0.138 e. The van der Waals surface area contributed by atoms with Gasteiger partial charge in [0.1, 0.15) is 17.0 Å². The van der Waals surface area contributed by atoms with Gasteiger partial charge < -0.3 is 5.32 Å². The molecule has 0 radical (unpaired) electrons. The first-order valence-electron chi connectivity index (χ1n) is 7.16. The molecule has 2 heterocycles. The Hall–Kier alpha value is -1.16. The minimum absolute atomic E-state index is 0.546. The summed E-state index contributed by atoms with van der Waals surface area (Å²) in [6.07, 6.45) is 6.94. The van der Waals surface area contributed by atoms with Gasteiger partial charge in [0.25, 0.3) is 0 Å². The van der Waals surface area contributed by atoms with Crippen molar-refractivity contribution in [3.05, 3.63) is 16.8 Å². The van der Waals surface area contributed by atoms with Crippen LogP contribution in [0.4, 0.5) is 5.82 Å². The van der Waals surface area contributed by atoms with E-state index < -0.39 is 0 Å². The summed E-state index contributed by atoms with van der Waals surface area (Å²) in [6.45, 7) is 6.58. The van der Waals surface area contributed by atoms with E-state index in [0.29, 0.717) is 6.04 Å². The first-order chi connectivity index (χ1) is 9.19. The zero-order valence-electron chi connectivity index (χ0n) is 11.9. The molecule has 0 saturated heterocycles. The maximum atomic E-state index is 4.48. The highest BCUT2D eigenvalue weighted by Crippen LogP contribution is 2.36. The molecule has 1 saturated carbocycles. The van der Waals surface area contributed by atoms with Crippen LogP contribution in [0.25, 0.3) is 10.2 Å². The molecular formula is C15H21N3S. The molecule has 1 atom stereocenters. The van der Waals surface area contributed by atoms with Gasteiger partial charge >= 0.3 is 0 Å². The summed E-state index contributed by atoms with van der Waals surface area (Å²) in [7, 11) is 0. The third-order valence-corrected chi connectivity index (χ3v) is 5.23. The molecule has 1 fully saturated rings. The van der Waals surface area contributed by atoms with Gasteiger partial charge in [0, 0.05) is 10.9 Å². The number of hydrogen-bond donors (Lipinski definition) is 1. The van der Waals surface area contributed by atoms with Crippen molar-refractivity contribution >= 4 is 27.4 Å². The molecular weight excluding hydrogens is 254 g/mol. The maximum absolute atomic E-state index is 4.48. The van der Waals surface area contributed by atoms with Crippen molar-refractivity contribution in [2.24, 2.45) is 5.92 Å². The molecule has 1 aliphatic rings. The molecule has 3 nitrogen and oxygen atoms in total. The average molecular weight is 275 g/mol. The maximum Gasteiger partial charge on any atom is 0.138 e. The number of hydrogen-bond acceptors (Lipinski definition) is 4. The largest absolute Gasteiger partial charge is 0.367 e. The van der Waals surface area contributed by atoms with E-state index in [-0.39, 0.29) is 0 Å². The standard InChI is InChI=1S/C15H21N3S/c1-4-12(7-11-5-6-11)18-14-13-9(2)10(3)19-15(13)17-8-16-14/h8,11-12H,4-7H2,1-3H3,(H,16,17,18). The molecule has 1 unspecified atom stereocenters. The molecule has 0 aliphatic heterocycles.